The van der Waals surface area contributed by atoms with Gasteiger partial charge in [0.1, 0.15) is 0 Å². The summed E-state index contributed by atoms with van der Waals surface area (Å²) in [5.41, 5.74) is 2.41. The highest BCUT2D eigenvalue weighted by Gasteiger charge is 2.29. The van der Waals surface area contributed by atoms with E-state index in [0.29, 0.717) is 12.6 Å². The Morgan fingerprint density at radius 3 is 2.52 bits per heavy atom. The molecule has 1 aromatic carbocycles. The summed E-state index contributed by atoms with van der Waals surface area (Å²) < 4.78 is 3.78. The van der Waals surface area contributed by atoms with Crippen molar-refractivity contribution in [1.82, 2.24) is 30.0 Å². The predicted molar refractivity (Wildman–Crippen MR) is 86.1 cm³/mol. The third-order valence-electron chi connectivity index (χ3n) is 4.18. The summed E-state index contributed by atoms with van der Waals surface area (Å²) in [5.74, 6) is 0.841. The molecule has 2 aromatic heterocycles. The summed E-state index contributed by atoms with van der Waals surface area (Å²) in [5, 5.41) is 16.3. The summed E-state index contributed by atoms with van der Waals surface area (Å²) >= 11 is 0. The zero-order valence-electron chi connectivity index (χ0n) is 13.1. The zero-order valence-corrected chi connectivity index (χ0v) is 13.1. The van der Waals surface area contributed by atoms with E-state index in [2.05, 4.69) is 56.8 Å². The Balaban J connectivity index is 1.46. The molecule has 2 heterocycles. The lowest BCUT2D eigenvalue weighted by molar-refractivity contribution is 0.637. The van der Waals surface area contributed by atoms with E-state index in [4.69, 9.17) is 0 Å². The van der Waals surface area contributed by atoms with E-state index < -0.39 is 0 Å². The molecule has 0 radical (unpaired) electrons. The lowest BCUT2D eigenvalue weighted by Gasteiger charge is -2.16. The quantitative estimate of drug-likeness (QED) is 0.691. The number of benzene rings is 1. The van der Waals surface area contributed by atoms with Gasteiger partial charge < -0.3 is 4.90 Å². The first-order valence-corrected chi connectivity index (χ1v) is 7.84. The highest BCUT2D eigenvalue weighted by Crippen LogP contribution is 2.28. The van der Waals surface area contributed by atoms with Crippen LogP contribution in [0.15, 0.2) is 42.7 Å². The smallest absolute Gasteiger partial charge is 0.245 e. The number of rotatable bonds is 6. The van der Waals surface area contributed by atoms with E-state index in [0.717, 1.165) is 12.5 Å². The molecule has 0 bridgehead atoms. The van der Waals surface area contributed by atoms with Crippen LogP contribution in [-0.4, -0.2) is 43.1 Å². The number of aromatic nitrogens is 6. The first-order valence-electron chi connectivity index (χ1n) is 7.84. The van der Waals surface area contributed by atoms with Crippen LogP contribution in [0.3, 0.4) is 0 Å². The van der Waals surface area contributed by atoms with E-state index in [-0.39, 0.29) is 0 Å². The zero-order chi connectivity index (χ0) is 15.6. The van der Waals surface area contributed by atoms with Crippen LogP contribution < -0.4 is 4.90 Å². The number of tetrazole rings is 1. The minimum atomic E-state index is 0.594. The first kappa shape index (κ1) is 13.9. The first-order chi connectivity index (χ1) is 11.3. The molecule has 1 saturated carbocycles. The van der Waals surface area contributed by atoms with Gasteiger partial charge in [0.25, 0.3) is 0 Å². The Bertz CT molecular complexity index is 756. The van der Waals surface area contributed by atoms with Crippen LogP contribution in [0.4, 0.5) is 5.95 Å². The van der Waals surface area contributed by atoms with Gasteiger partial charge in [-0.05, 0) is 40.5 Å². The average molecular weight is 309 g/mol. The van der Waals surface area contributed by atoms with Crippen molar-refractivity contribution in [2.24, 2.45) is 0 Å². The van der Waals surface area contributed by atoms with Crippen LogP contribution in [0, 0.1) is 0 Å². The Morgan fingerprint density at radius 1 is 1.13 bits per heavy atom. The maximum absolute atomic E-state index is 4.23. The van der Waals surface area contributed by atoms with Gasteiger partial charge in [0.15, 0.2) is 0 Å². The van der Waals surface area contributed by atoms with E-state index in [9.17, 15) is 0 Å². The Kier molecular flexibility index (Phi) is 3.53. The molecule has 0 saturated heterocycles. The largest absolute Gasteiger partial charge is 0.340 e. The van der Waals surface area contributed by atoms with Crippen LogP contribution >= 0.6 is 0 Å². The maximum atomic E-state index is 4.23. The molecule has 7 nitrogen and oxygen atoms in total. The predicted octanol–water partition coefficient (Wildman–Crippen LogP) is 1.56. The summed E-state index contributed by atoms with van der Waals surface area (Å²) in [6.45, 7) is 1.47. The lowest BCUT2D eigenvalue weighted by Crippen LogP contribution is -2.24. The molecule has 4 rings (SSSR count). The van der Waals surface area contributed by atoms with Crippen molar-refractivity contribution in [1.29, 1.82) is 0 Å². The molecule has 23 heavy (non-hydrogen) atoms. The number of anilines is 1. The van der Waals surface area contributed by atoms with Gasteiger partial charge in [-0.1, -0.05) is 29.4 Å². The van der Waals surface area contributed by atoms with Gasteiger partial charge in [0.2, 0.25) is 5.95 Å². The maximum Gasteiger partial charge on any atom is 0.245 e. The second-order valence-electron chi connectivity index (χ2n) is 6.00. The molecule has 3 aromatic rings. The summed E-state index contributed by atoms with van der Waals surface area (Å²) in [7, 11) is 2.06. The summed E-state index contributed by atoms with van der Waals surface area (Å²) in [6.07, 6.45) is 6.22. The van der Waals surface area contributed by atoms with E-state index in [1.807, 2.05) is 21.6 Å². The third kappa shape index (κ3) is 3.08. The fourth-order valence-electron chi connectivity index (χ4n) is 2.68. The second kappa shape index (κ2) is 5.83. The van der Waals surface area contributed by atoms with Crippen LogP contribution in [0.1, 0.15) is 24.0 Å². The highest BCUT2D eigenvalue weighted by atomic mass is 15.6. The number of hydrogen-bond donors (Lipinski definition) is 0. The Hall–Kier alpha value is -2.70. The molecule has 0 unspecified atom stereocenters. The van der Waals surface area contributed by atoms with Crippen molar-refractivity contribution in [2.45, 2.75) is 32.0 Å². The highest BCUT2D eigenvalue weighted by molar-refractivity contribution is 5.32. The van der Waals surface area contributed by atoms with Gasteiger partial charge in [0, 0.05) is 25.5 Å². The van der Waals surface area contributed by atoms with Gasteiger partial charge in [0.05, 0.1) is 13.1 Å². The SMILES string of the molecule is CN(c1nnnn1Cc1ccc(Cn2cccn2)cc1)C1CC1. The molecule has 0 amide bonds. The third-order valence-corrected chi connectivity index (χ3v) is 4.18. The normalized spacial score (nSPS) is 14.1. The molecule has 118 valence electrons. The van der Waals surface area contributed by atoms with Crippen molar-refractivity contribution in [3.63, 3.8) is 0 Å². The van der Waals surface area contributed by atoms with Gasteiger partial charge in [-0.2, -0.15) is 5.10 Å². The van der Waals surface area contributed by atoms with Crippen molar-refractivity contribution >= 4 is 5.95 Å². The minimum Gasteiger partial charge on any atom is -0.340 e. The molecule has 7 heteroatoms. The van der Waals surface area contributed by atoms with Crippen LogP contribution in [0.5, 0.6) is 0 Å². The van der Waals surface area contributed by atoms with Crippen molar-refractivity contribution in [2.75, 3.05) is 11.9 Å². The molecule has 1 fully saturated rings. The monoisotopic (exact) mass is 309 g/mol. The molecule has 0 spiro atoms. The Labute approximate surface area is 134 Å². The van der Waals surface area contributed by atoms with Crippen molar-refractivity contribution in [3.8, 4) is 0 Å². The van der Waals surface area contributed by atoms with E-state index in [1.54, 1.807) is 6.20 Å². The molecule has 0 atom stereocenters. The van der Waals surface area contributed by atoms with Crippen molar-refractivity contribution < 1.29 is 0 Å². The molecule has 0 N–H and O–H groups in total. The standard InChI is InChI=1S/C16H19N7/c1-21(15-7-8-15)16-18-19-20-23(16)12-14-5-3-13(4-6-14)11-22-10-2-9-17-22/h2-6,9-10,15H,7-8,11-12H2,1H3. The number of nitrogens with zero attached hydrogens (tertiary/aromatic N) is 7. The molecule has 1 aliphatic carbocycles. The molecular weight excluding hydrogens is 290 g/mol. The minimum absolute atomic E-state index is 0.594. The molecule has 1 aliphatic rings. The van der Waals surface area contributed by atoms with Gasteiger partial charge >= 0.3 is 0 Å². The molecule has 0 aliphatic heterocycles. The Morgan fingerprint density at radius 2 is 1.87 bits per heavy atom. The van der Waals surface area contributed by atoms with Crippen LogP contribution in [0.2, 0.25) is 0 Å². The van der Waals surface area contributed by atoms with E-state index >= 15 is 0 Å². The summed E-state index contributed by atoms with van der Waals surface area (Å²) in [4.78, 5) is 2.17. The lowest BCUT2D eigenvalue weighted by atomic mass is 10.1. The average Bonchev–Trinajstić information content (AvgIpc) is 3.10. The van der Waals surface area contributed by atoms with Gasteiger partial charge in [-0.25, -0.2) is 4.68 Å². The van der Waals surface area contributed by atoms with Crippen LogP contribution in [0.25, 0.3) is 0 Å². The second-order valence-corrected chi connectivity index (χ2v) is 6.00. The topological polar surface area (TPSA) is 64.7 Å². The van der Waals surface area contributed by atoms with Crippen LogP contribution in [-0.2, 0) is 13.1 Å². The van der Waals surface area contributed by atoms with Gasteiger partial charge in [-0.15, -0.1) is 0 Å². The number of hydrogen-bond acceptors (Lipinski definition) is 5. The molecular formula is C16H19N7. The fourth-order valence-corrected chi connectivity index (χ4v) is 2.68. The van der Waals surface area contributed by atoms with Crippen molar-refractivity contribution in [3.05, 3.63) is 53.9 Å². The fraction of sp³-hybridized carbons (Fsp3) is 0.375. The van der Waals surface area contributed by atoms with E-state index in [1.165, 1.54) is 24.0 Å². The van der Waals surface area contributed by atoms with Gasteiger partial charge in [-0.3, -0.25) is 4.68 Å². The summed E-state index contributed by atoms with van der Waals surface area (Å²) in [6, 6.07) is 11.0.